The number of hydrogen-bond acceptors (Lipinski definition) is 4. The van der Waals surface area contributed by atoms with Crippen molar-refractivity contribution in [1.82, 2.24) is 0 Å². The number of carbonyl (C=O) groups excluding carboxylic acids is 1. The largest absolute Gasteiger partial charge is 0.457 e. The third kappa shape index (κ3) is 2.19. The van der Waals surface area contributed by atoms with Gasteiger partial charge in [0.1, 0.15) is 11.1 Å². The van der Waals surface area contributed by atoms with E-state index >= 15 is 0 Å². The smallest absolute Gasteiger partial charge is 0.260 e. The maximum atomic E-state index is 12.0. The number of anilines is 1. The van der Waals surface area contributed by atoms with Crippen molar-refractivity contribution in [3.05, 3.63) is 38.6 Å². The number of furan rings is 1. The maximum Gasteiger partial charge on any atom is 0.260 e. The monoisotopic (exact) mass is 324 g/mol. The van der Waals surface area contributed by atoms with Crippen LogP contribution in [0.4, 0.5) is 5.00 Å². The predicted molar refractivity (Wildman–Crippen MR) is 72.9 cm³/mol. The number of nitriles is 1. The second kappa shape index (κ2) is 4.96. The van der Waals surface area contributed by atoms with Gasteiger partial charge in [-0.05, 0) is 41.4 Å². The molecule has 4 nitrogen and oxygen atoms in total. The van der Waals surface area contributed by atoms with E-state index in [2.05, 4.69) is 27.3 Å². The number of thiophene rings is 1. The lowest BCUT2D eigenvalue weighted by atomic mass is 10.2. The second-order valence-electron chi connectivity index (χ2n) is 3.66. The first kappa shape index (κ1) is 12.9. The van der Waals surface area contributed by atoms with E-state index in [0.29, 0.717) is 20.8 Å². The van der Waals surface area contributed by atoms with Gasteiger partial charge in [0.15, 0.2) is 4.67 Å². The summed E-state index contributed by atoms with van der Waals surface area (Å²) in [5.74, 6) is -0.298. The van der Waals surface area contributed by atoms with Crippen LogP contribution in [-0.4, -0.2) is 5.91 Å². The maximum absolute atomic E-state index is 12.0. The molecule has 0 aromatic carbocycles. The highest BCUT2D eigenvalue weighted by atomic mass is 79.9. The van der Waals surface area contributed by atoms with Crippen molar-refractivity contribution in [3.63, 3.8) is 0 Å². The first-order valence-corrected chi connectivity index (χ1v) is 6.70. The van der Waals surface area contributed by atoms with Gasteiger partial charge in [-0.2, -0.15) is 5.26 Å². The van der Waals surface area contributed by atoms with Crippen LogP contribution in [0, 0.1) is 25.2 Å². The summed E-state index contributed by atoms with van der Waals surface area (Å²) >= 11 is 4.54. The first-order chi connectivity index (χ1) is 8.54. The molecule has 0 saturated carbocycles. The molecule has 2 heterocycles. The van der Waals surface area contributed by atoms with E-state index in [9.17, 15) is 4.79 Å². The summed E-state index contributed by atoms with van der Waals surface area (Å²) in [6.45, 7) is 3.79. The summed E-state index contributed by atoms with van der Waals surface area (Å²) in [5, 5.41) is 12.4. The van der Waals surface area contributed by atoms with Crippen molar-refractivity contribution in [2.24, 2.45) is 0 Å². The van der Waals surface area contributed by atoms with Crippen LogP contribution in [0.15, 0.2) is 21.4 Å². The molecule has 0 atom stereocenters. The molecule has 0 saturated heterocycles. The zero-order valence-electron chi connectivity index (χ0n) is 9.70. The Morgan fingerprint density at radius 2 is 2.28 bits per heavy atom. The summed E-state index contributed by atoms with van der Waals surface area (Å²) < 4.78 is 5.38. The first-order valence-electron chi connectivity index (χ1n) is 5.09. The Bertz CT molecular complexity index is 652. The van der Waals surface area contributed by atoms with Gasteiger partial charge in [0.2, 0.25) is 0 Å². The van der Waals surface area contributed by atoms with Gasteiger partial charge in [0.05, 0.1) is 17.4 Å². The number of carbonyl (C=O) groups is 1. The Kier molecular flexibility index (Phi) is 3.55. The fraction of sp³-hybridized carbons (Fsp3) is 0.167. The van der Waals surface area contributed by atoms with Crippen molar-refractivity contribution in [1.29, 1.82) is 5.26 Å². The number of rotatable bonds is 2. The molecule has 0 aliphatic rings. The highest BCUT2D eigenvalue weighted by Gasteiger charge is 2.18. The van der Waals surface area contributed by atoms with Gasteiger partial charge in [0, 0.05) is 4.88 Å². The van der Waals surface area contributed by atoms with E-state index in [1.54, 1.807) is 6.07 Å². The van der Waals surface area contributed by atoms with Crippen LogP contribution in [0.25, 0.3) is 0 Å². The SMILES string of the molecule is Cc1sc(NC(=O)c2ccoc2Br)c(C#N)c1C. The third-order valence-corrected chi connectivity index (χ3v) is 4.32. The van der Waals surface area contributed by atoms with Crippen LogP contribution in [0.5, 0.6) is 0 Å². The number of halogens is 1. The predicted octanol–water partition coefficient (Wildman–Crippen LogP) is 3.84. The third-order valence-electron chi connectivity index (χ3n) is 2.59. The number of amides is 1. The molecule has 1 amide bonds. The molecule has 0 fully saturated rings. The Labute approximate surface area is 116 Å². The summed E-state index contributed by atoms with van der Waals surface area (Å²) in [6.07, 6.45) is 1.43. The molecule has 6 heteroatoms. The molecule has 2 aromatic rings. The Hall–Kier alpha value is -1.58. The van der Waals surface area contributed by atoms with E-state index in [-0.39, 0.29) is 5.91 Å². The summed E-state index contributed by atoms with van der Waals surface area (Å²) in [6, 6.07) is 3.68. The molecule has 0 unspecified atom stereocenters. The van der Waals surface area contributed by atoms with Crippen LogP contribution in [0.1, 0.15) is 26.4 Å². The molecule has 2 aromatic heterocycles. The van der Waals surface area contributed by atoms with Crippen LogP contribution in [-0.2, 0) is 0 Å². The average Bonchev–Trinajstić information content (AvgIpc) is 2.85. The minimum absolute atomic E-state index is 0.298. The quantitative estimate of drug-likeness (QED) is 0.912. The molecule has 1 N–H and O–H groups in total. The Morgan fingerprint density at radius 1 is 1.56 bits per heavy atom. The molecule has 0 aliphatic carbocycles. The highest BCUT2D eigenvalue weighted by Crippen LogP contribution is 2.32. The number of hydrogen-bond donors (Lipinski definition) is 1. The van der Waals surface area contributed by atoms with E-state index < -0.39 is 0 Å². The Morgan fingerprint density at radius 3 is 2.83 bits per heavy atom. The molecule has 18 heavy (non-hydrogen) atoms. The van der Waals surface area contributed by atoms with Gasteiger partial charge in [-0.15, -0.1) is 11.3 Å². The van der Waals surface area contributed by atoms with Crippen molar-refractivity contribution < 1.29 is 9.21 Å². The lowest BCUT2D eigenvalue weighted by molar-refractivity contribution is 0.102. The standard InChI is InChI=1S/C12H9BrN2O2S/c1-6-7(2)18-12(9(6)5-14)15-11(16)8-3-4-17-10(8)13/h3-4H,1-2H3,(H,15,16). The molecule has 0 radical (unpaired) electrons. The van der Waals surface area contributed by atoms with Crippen LogP contribution >= 0.6 is 27.3 Å². The molecular weight excluding hydrogens is 316 g/mol. The minimum Gasteiger partial charge on any atom is -0.457 e. The van der Waals surface area contributed by atoms with E-state index in [1.165, 1.54) is 17.6 Å². The fourth-order valence-electron chi connectivity index (χ4n) is 1.48. The topological polar surface area (TPSA) is 66.0 Å². The number of nitrogens with zero attached hydrogens (tertiary/aromatic N) is 1. The van der Waals surface area contributed by atoms with Crippen LogP contribution < -0.4 is 5.32 Å². The van der Waals surface area contributed by atoms with Crippen molar-refractivity contribution >= 4 is 38.2 Å². The van der Waals surface area contributed by atoms with Gasteiger partial charge in [-0.3, -0.25) is 4.79 Å². The van der Waals surface area contributed by atoms with Gasteiger partial charge >= 0.3 is 0 Å². The minimum atomic E-state index is -0.298. The second-order valence-corrected chi connectivity index (χ2v) is 5.61. The lowest BCUT2D eigenvalue weighted by Crippen LogP contribution is -2.11. The lowest BCUT2D eigenvalue weighted by Gasteiger charge is -2.01. The molecule has 0 bridgehead atoms. The van der Waals surface area contributed by atoms with Gasteiger partial charge in [-0.25, -0.2) is 0 Å². The summed E-state index contributed by atoms with van der Waals surface area (Å²) in [7, 11) is 0. The van der Waals surface area contributed by atoms with Gasteiger partial charge in [0.25, 0.3) is 5.91 Å². The number of aryl methyl sites for hydroxylation is 1. The van der Waals surface area contributed by atoms with Crippen LogP contribution in [0.3, 0.4) is 0 Å². The van der Waals surface area contributed by atoms with Crippen molar-refractivity contribution in [2.75, 3.05) is 5.32 Å². The molecular formula is C12H9BrN2O2S. The Balaban J connectivity index is 2.31. The average molecular weight is 325 g/mol. The molecule has 92 valence electrons. The molecule has 0 aliphatic heterocycles. The molecule has 2 rings (SSSR count). The zero-order chi connectivity index (χ0) is 13.3. The molecule has 0 spiro atoms. The van der Waals surface area contributed by atoms with Crippen molar-refractivity contribution in [3.8, 4) is 6.07 Å². The fourth-order valence-corrected chi connectivity index (χ4v) is 2.90. The van der Waals surface area contributed by atoms with Gasteiger partial charge < -0.3 is 9.73 Å². The van der Waals surface area contributed by atoms with E-state index in [4.69, 9.17) is 9.68 Å². The zero-order valence-corrected chi connectivity index (χ0v) is 12.1. The summed E-state index contributed by atoms with van der Waals surface area (Å²) in [4.78, 5) is 13.0. The van der Waals surface area contributed by atoms with Crippen molar-refractivity contribution in [2.45, 2.75) is 13.8 Å². The number of nitrogens with one attached hydrogen (secondary N) is 1. The normalized spacial score (nSPS) is 10.1. The highest BCUT2D eigenvalue weighted by molar-refractivity contribution is 9.10. The summed E-state index contributed by atoms with van der Waals surface area (Å²) in [5.41, 5.74) is 1.83. The van der Waals surface area contributed by atoms with Gasteiger partial charge in [-0.1, -0.05) is 0 Å². The van der Waals surface area contributed by atoms with E-state index in [1.807, 2.05) is 13.8 Å². The van der Waals surface area contributed by atoms with E-state index in [0.717, 1.165) is 10.4 Å². The van der Waals surface area contributed by atoms with Crippen LogP contribution in [0.2, 0.25) is 0 Å².